The zero-order valence-electron chi connectivity index (χ0n) is 16.0. The summed E-state index contributed by atoms with van der Waals surface area (Å²) in [5, 5.41) is 3.81. The van der Waals surface area contributed by atoms with E-state index in [0.29, 0.717) is 0 Å². The minimum absolute atomic E-state index is 0.951. The van der Waals surface area contributed by atoms with E-state index in [1.54, 1.807) is 0 Å². The van der Waals surface area contributed by atoms with Gasteiger partial charge < -0.3 is 0 Å². The smallest absolute Gasteiger partial charge is 0.174 e. The van der Waals surface area contributed by atoms with Gasteiger partial charge in [-0.15, -0.1) is 11.3 Å². The standard InChI is InChI=1S/C26H16N2S2/c1-4-10-23-19(6-1)25-18(7-5-11-24(25)30-23)16-12-13-21-17(14-16)15-29-26-27-20-8-2-3-9-22(20)28(21)26/h1-14H,15H2. The zero-order chi connectivity index (χ0) is 19.7. The van der Waals surface area contributed by atoms with Crippen molar-refractivity contribution in [3.8, 4) is 16.8 Å². The summed E-state index contributed by atoms with van der Waals surface area (Å²) >= 11 is 3.70. The minimum atomic E-state index is 0.951. The van der Waals surface area contributed by atoms with Gasteiger partial charge in [-0.3, -0.25) is 4.57 Å². The lowest BCUT2D eigenvalue weighted by atomic mass is 9.97. The summed E-state index contributed by atoms with van der Waals surface area (Å²) in [5.74, 6) is 0.951. The Hall–Kier alpha value is -3.08. The van der Waals surface area contributed by atoms with Crippen LogP contribution in [0.15, 0.2) is 90.1 Å². The number of benzene rings is 4. The first-order chi connectivity index (χ1) is 14.9. The summed E-state index contributed by atoms with van der Waals surface area (Å²) in [5.41, 5.74) is 7.47. The number of imidazole rings is 1. The third kappa shape index (κ3) is 2.29. The molecule has 30 heavy (non-hydrogen) atoms. The van der Waals surface area contributed by atoms with E-state index in [0.717, 1.165) is 16.4 Å². The molecule has 2 nitrogen and oxygen atoms in total. The Morgan fingerprint density at radius 2 is 1.67 bits per heavy atom. The molecule has 4 heteroatoms. The van der Waals surface area contributed by atoms with Gasteiger partial charge in [-0.2, -0.15) is 0 Å². The first-order valence-corrected chi connectivity index (χ1v) is 11.8. The van der Waals surface area contributed by atoms with Gasteiger partial charge in [0.25, 0.3) is 0 Å². The Morgan fingerprint density at radius 3 is 2.67 bits per heavy atom. The number of para-hydroxylation sites is 2. The fourth-order valence-electron chi connectivity index (χ4n) is 4.58. The van der Waals surface area contributed by atoms with E-state index in [2.05, 4.69) is 89.5 Å². The number of aromatic nitrogens is 2. The first-order valence-electron chi connectivity index (χ1n) is 10.0. The van der Waals surface area contributed by atoms with Gasteiger partial charge in [-0.05, 0) is 53.1 Å². The number of hydrogen-bond acceptors (Lipinski definition) is 3. The molecule has 0 radical (unpaired) electrons. The molecule has 2 aromatic heterocycles. The maximum atomic E-state index is 4.83. The third-order valence-electron chi connectivity index (χ3n) is 5.92. The van der Waals surface area contributed by atoms with Crippen molar-refractivity contribution < 1.29 is 0 Å². The number of thioether (sulfide) groups is 1. The van der Waals surface area contributed by atoms with Gasteiger partial charge in [-0.25, -0.2) is 4.98 Å². The van der Waals surface area contributed by atoms with Crippen LogP contribution in [-0.2, 0) is 5.75 Å². The van der Waals surface area contributed by atoms with E-state index >= 15 is 0 Å². The second-order valence-electron chi connectivity index (χ2n) is 7.63. The van der Waals surface area contributed by atoms with Gasteiger partial charge in [0.1, 0.15) is 0 Å². The summed E-state index contributed by atoms with van der Waals surface area (Å²) in [6.45, 7) is 0. The monoisotopic (exact) mass is 420 g/mol. The quantitative estimate of drug-likeness (QED) is 0.272. The molecule has 7 rings (SSSR count). The molecule has 0 aliphatic carbocycles. The third-order valence-corrected chi connectivity index (χ3v) is 8.04. The summed E-state index contributed by atoms with van der Waals surface area (Å²) < 4.78 is 5.01. The highest BCUT2D eigenvalue weighted by Gasteiger charge is 2.21. The van der Waals surface area contributed by atoms with Gasteiger partial charge in [0.2, 0.25) is 0 Å². The van der Waals surface area contributed by atoms with E-state index in [1.807, 2.05) is 23.1 Å². The number of hydrogen-bond donors (Lipinski definition) is 0. The highest BCUT2D eigenvalue weighted by molar-refractivity contribution is 7.98. The summed E-state index contributed by atoms with van der Waals surface area (Å²) in [6.07, 6.45) is 0. The van der Waals surface area contributed by atoms with Crippen LogP contribution >= 0.6 is 23.1 Å². The van der Waals surface area contributed by atoms with Crippen molar-refractivity contribution in [1.82, 2.24) is 9.55 Å². The molecule has 0 spiro atoms. The fourth-order valence-corrected chi connectivity index (χ4v) is 6.71. The van der Waals surface area contributed by atoms with Crippen molar-refractivity contribution in [3.63, 3.8) is 0 Å². The predicted octanol–water partition coefficient (Wildman–Crippen LogP) is 7.67. The maximum absolute atomic E-state index is 4.83. The van der Waals surface area contributed by atoms with E-state index in [9.17, 15) is 0 Å². The Kier molecular flexibility index (Phi) is 3.45. The van der Waals surface area contributed by atoms with Gasteiger partial charge >= 0.3 is 0 Å². The lowest BCUT2D eigenvalue weighted by Crippen LogP contribution is -2.05. The Morgan fingerprint density at radius 1 is 0.800 bits per heavy atom. The van der Waals surface area contributed by atoms with E-state index in [4.69, 9.17) is 4.98 Å². The molecule has 1 aliphatic rings. The van der Waals surface area contributed by atoms with Crippen molar-refractivity contribution in [2.75, 3.05) is 0 Å². The molecule has 4 aromatic carbocycles. The van der Waals surface area contributed by atoms with Crippen molar-refractivity contribution in [3.05, 3.63) is 90.5 Å². The second-order valence-corrected chi connectivity index (χ2v) is 9.65. The van der Waals surface area contributed by atoms with Crippen LogP contribution in [0.5, 0.6) is 0 Å². The Balaban J connectivity index is 1.47. The zero-order valence-corrected chi connectivity index (χ0v) is 17.6. The van der Waals surface area contributed by atoms with E-state index in [-0.39, 0.29) is 0 Å². The Bertz CT molecular complexity index is 1610. The molecule has 0 saturated carbocycles. The Labute approximate surface area is 181 Å². The van der Waals surface area contributed by atoms with Crippen LogP contribution in [0.3, 0.4) is 0 Å². The molecular weight excluding hydrogens is 404 g/mol. The molecule has 0 fully saturated rings. The number of thiophene rings is 1. The summed E-state index contributed by atoms with van der Waals surface area (Å²) in [4.78, 5) is 4.83. The predicted molar refractivity (Wildman–Crippen MR) is 129 cm³/mol. The largest absolute Gasteiger partial charge is 0.287 e. The minimum Gasteiger partial charge on any atom is -0.287 e. The molecule has 1 aliphatic heterocycles. The average Bonchev–Trinajstić information content (AvgIpc) is 3.37. The van der Waals surface area contributed by atoms with Crippen molar-refractivity contribution in [2.24, 2.45) is 0 Å². The van der Waals surface area contributed by atoms with Crippen LogP contribution in [0.2, 0.25) is 0 Å². The maximum Gasteiger partial charge on any atom is 0.174 e. The lowest BCUT2D eigenvalue weighted by Gasteiger charge is -2.20. The number of nitrogens with zero attached hydrogens (tertiary/aromatic N) is 2. The van der Waals surface area contributed by atoms with Crippen molar-refractivity contribution in [2.45, 2.75) is 10.9 Å². The van der Waals surface area contributed by atoms with Crippen LogP contribution in [0, 0.1) is 0 Å². The van der Waals surface area contributed by atoms with Crippen molar-refractivity contribution in [1.29, 1.82) is 0 Å². The van der Waals surface area contributed by atoms with Crippen molar-refractivity contribution >= 4 is 54.3 Å². The highest BCUT2D eigenvalue weighted by Crippen LogP contribution is 2.42. The van der Waals surface area contributed by atoms with Gasteiger partial charge in [-0.1, -0.05) is 60.3 Å². The number of fused-ring (bicyclic) bond motifs is 8. The number of rotatable bonds is 1. The molecule has 0 unspecified atom stereocenters. The molecule has 0 N–H and O–H groups in total. The molecule has 0 atom stereocenters. The molecule has 142 valence electrons. The average molecular weight is 421 g/mol. The van der Waals surface area contributed by atoms with Crippen LogP contribution in [0.4, 0.5) is 0 Å². The highest BCUT2D eigenvalue weighted by atomic mass is 32.2. The lowest BCUT2D eigenvalue weighted by molar-refractivity contribution is 0.895. The molecule has 0 amide bonds. The normalized spacial score (nSPS) is 13.1. The molecule has 0 bridgehead atoms. The van der Waals surface area contributed by atoms with Gasteiger partial charge in [0, 0.05) is 25.9 Å². The molecule has 0 saturated heterocycles. The van der Waals surface area contributed by atoms with Gasteiger partial charge in [0.05, 0.1) is 16.7 Å². The van der Waals surface area contributed by atoms with Crippen LogP contribution < -0.4 is 0 Å². The van der Waals surface area contributed by atoms with Crippen LogP contribution in [0.1, 0.15) is 5.56 Å². The summed E-state index contributed by atoms with van der Waals surface area (Å²) in [6, 6.07) is 30.7. The van der Waals surface area contributed by atoms with Crippen LogP contribution in [0.25, 0.3) is 48.0 Å². The first kappa shape index (κ1) is 16.7. The summed E-state index contributed by atoms with van der Waals surface area (Å²) in [7, 11) is 0. The fraction of sp³-hybridized carbons (Fsp3) is 0.0385. The molecular formula is C26H16N2S2. The van der Waals surface area contributed by atoms with E-state index < -0.39 is 0 Å². The topological polar surface area (TPSA) is 17.8 Å². The SMILES string of the molecule is c1ccc2c(c1)nc1n2-c2ccc(-c3cccc4sc5ccccc5c34)cc2CS1. The second kappa shape index (κ2) is 6.21. The molecule has 3 heterocycles. The van der Waals surface area contributed by atoms with Gasteiger partial charge in [0.15, 0.2) is 5.16 Å². The van der Waals surface area contributed by atoms with Crippen LogP contribution in [-0.4, -0.2) is 9.55 Å². The van der Waals surface area contributed by atoms with E-state index in [1.165, 1.54) is 48.1 Å². The molecule has 6 aromatic rings.